The fourth-order valence-corrected chi connectivity index (χ4v) is 6.19. The molecule has 1 aliphatic rings. The summed E-state index contributed by atoms with van der Waals surface area (Å²) in [4.78, 5) is 20.1. The van der Waals surface area contributed by atoms with Crippen molar-refractivity contribution in [3.8, 4) is 0 Å². The van der Waals surface area contributed by atoms with Crippen LogP contribution in [0.5, 0.6) is 0 Å². The predicted octanol–water partition coefficient (Wildman–Crippen LogP) is 5.89. The smallest absolute Gasteiger partial charge is 0.410 e. The Kier molecular flexibility index (Phi) is 8.31. The van der Waals surface area contributed by atoms with E-state index in [-0.39, 0.29) is 23.8 Å². The standard InChI is InChI=1S/C22H33N3O4S3Si/c1-8-9-27-20(26)24-12-15(29-33(6,7)22(2,3)4)10-16(24)19(28-21(30)31-5)17-13-32-18-11-23-14-25(17)18/h8,11,13-16,19H,1,9-10,12H2,2-7H3/t15-,16+,19?/m1/s1. The third-order valence-electron chi connectivity index (χ3n) is 6.35. The normalized spacial score (nSPS) is 20.1. The number of thioether (sulfide) groups is 1. The molecule has 2 aromatic rings. The predicted molar refractivity (Wildman–Crippen MR) is 142 cm³/mol. The van der Waals surface area contributed by atoms with Crippen LogP contribution in [0.25, 0.3) is 4.83 Å². The maximum absolute atomic E-state index is 13.1. The lowest BCUT2D eigenvalue weighted by atomic mass is 10.1. The fraction of sp³-hybridized carbons (Fsp3) is 0.591. The van der Waals surface area contributed by atoms with Gasteiger partial charge in [0.25, 0.3) is 0 Å². The zero-order valence-electron chi connectivity index (χ0n) is 20.1. The molecule has 0 N–H and O–H groups in total. The number of thiocarbonyl (C=S) groups is 1. The van der Waals surface area contributed by atoms with E-state index < -0.39 is 20.5 Å². The van der Waals surface area contributed by atoms with Gasteiger partial charge in [0.05, 0.1) is 24.0 Å². The fourth-order valence-electron chi connectivity index (χ4n) is 3.65. The Balaban J connectivity index is 1.97. The molecule has 1 fully saturated rings. The maximum atomic E-state index is 13.1. The van der Waals surface area contributed by atoms with Crippen molar-refractivity contribution in [2.75, 3.05) is 19.4 Å². The van der Waals surface area contributed by atoms with E-state index >= 15 is 0 Å². The monoisotopic (exact) mass is 527 g/mol. The Hall–Kier alpha value is -1.40. The minimum atomic E-state index is -2.04. The van der Waals surface area contributed by atoms with Crippen LogP contribution >= 0.6 is 35.3 Å². The zero-order valence-corrected chi connectivity index (χ0v) is 23.5. The number of imidazole rings is 1. The molecule has 182 valence electrons. The summed E-state index contributed by atoms with van der Waals surface area (Å²) in [5.74, 6) is 0. The SMILES string of the molecule is C=CCOC(=O)N1C[C@H](O[Si](C)(C)C(C)(C)C)C[C@H]1C(OC(=S)SC)c1csc2cncn12. The largest absolute Gasteiger partial charge is 0.467 e. The number of carbonyl (C=O) groups is 1. The van der Waals surface area contributed by atoms with Gasteiger partial charge in [0.2, 0.25) is 4.38 Å². The third kappa shape index (κ3) is 5.81. The number of likely N-dealkylation sites (tertiary alicyclic amines) is 1. The molecule has 1 saturated heterocycles. The summed E-state index contributed by atoms with van der Waals surface area (Å²) < 4.78 is 20.8. The van der Waals surface area contributed by atoms with Crippen LogP contribution in [0.2, 0.25) is 18.1 Å². The van der Waals surface area contributed by atoms with Gasteiger partial charge in [-0.3, -0.25) is 9.30 Å². The summed E-state index contributed by atoms with van der Waals surface area (Å²) >= 11 is 8.38. The third-order valence-corrected chi connectivity index (χ3v) is 12.8. The molecule has 3 heterocycles. The van der Waals surface area contributed by atoms with Gasteiger partial charge in [-0.1, -0.05) is 45.2 Å². The molecular weight excluding hydrogens is 495 g/mol. The van der Waals surface area contributed by atoms with Crippen LogP contribution < -0.4 is 0 Å². The summed E-state index contributed by atoms with van der Waals surface area (Å²) in [7, 11) is -2.04. The van der Waals surface area contributed by atoms with E-state index in [0.717, 1.165) is 10.5 Å². The number of fused-ring (bicyclic) bond motifs is 1. The van der Waals surface area contributed by atoms with Crippen LogP contribution in [-0.4, -0.2) is 64.6 Å². The lowest BCUT2D eigenvalue weighted by Crippen LogP contribution is -2.45. The van der Waals surface area contributed by atoms with Gasteiger partial charge < -0.3 is 13.9 Å². The van der Waals surface area contributed by atoms with Crippen LogP contribution in [0, 0.1) is 0 Å². The molecule has 0 aromatic carbocycles. The topological polar surface area (TPSA) is 65.3 Å². The summed E-state index contributed by atoms with van der Waals surface area (Å²) in [6.45, 7) is 15.3. The minimum Gasteiger partial charge on any atom is -0.467 e. The minimum absolute atomic E-state index is 0.0614. The second-order valence-corrected chi connectivity index (χ2v) is 16.6. The van der Waals surface area contributed by atoms with E-state index in [9.17, 15) is 4.79 Å². The molecule has 33 heavy (non-hydrogen) atoms. The second kappa shape index (κ2) is 10.5. The lowest BCUT2D eigenvalue weighted by molar-refractivity contribution is 0.0628. The van der Waals surface area contributed by atoms with Gasteiger partial charge in [0.15, 0.2) is 14.4 Å². The molecule has 0 radical (unpaired) electrons. The number of ether oxygens (including phenoxy) is 2. The van der Waals surface area contributed by atoms with Crippen molar-refractivity contribution in [1.29, 1.82) is 0 Å². The Labute approximate surface area is 210 Å². The number of aromatic nitrogens is 2. The number of hydrogen-bond acceptors (Lipinski definition) is 8. The average Bonchev–Trinajstić information content (AvgIpc) is 3.45. The first-order valence-electron chi connectivity index (χ1n) is 10.8. The summed E-state index contributed by atoms with van der Waals surface area (Å²) in [6, 6.07) is -0.303. The van der Waals surface area contributed by atoms with Crippen LogP contribution in [0.1, 0.15) is 39.0 Å². The average molecular weight is 528 g/mol. The molecule has 1 aliphatic heterocycles. The van der Waals surface area contributed by atoms with Crippen molar-refractivity contribution in [3.05, 3.63) is 36.3 Å². The first-order valence-corrected chi connectivity index (χ1v) is 16.3. The van der Waals surface area contributed by atoms with Crippen molar-refractivity contribution < 1.29 is 18.7 Å². The Morgan fingerprint density at radius 1 is 1.48 bits per heavy atom. The highest BCUT2D eigenvalue weighted by molar-refractivity contribution is 8.22. The van der Waals surface area contributed by atoms with Crippen molar-refractivity contribution >= 4 is 58.9 Å². The highest BCUT2D eigenvalue weighted by atomic mass is 32.2. The van der Waals surface area contributed by atoms with Crippen LogP contribution in [0.15, 0.2) is 30.6 Å². The van der Waals surface area contributed by atoms with E-state index in [1.165, 1.54) is 11.8 Å². The van der Waals surface area contributed by atoms with E-state index in [2.05, 4.69) is 45.4 Å². The second-order valence-electron chi connectivity index (χ2n) is 9.58. The molecule has 1 amide bonds. The van der Waals surface area contributed by atoms with E-state index in [1.54, 1.807) is 28.6 Å². The van der Waals surface area contributed by atoms with Crippen molar-refractivity contribution in [1.82, 2.24) is 14.3 Å². The van der Waals surface area contributed by atoms with E-state index in [0.29, 0.717) is 17.3 Å². The van der Waals surface area contributed by atoms with E-state index in [1.807, 2.05) is 22.2 Å². The van der Waals surface area contributed by atoms with Crippen LogP contribution in [0.4, 0.5) is 4.79 Å². The Bertz CT molecular complexity index is 1000. The quantitative estimate of drug-likeness (QED) is 0.253. The Morgan fingerprint density at radius 2 is 2.21 bits per heavy atom. The van der Waals surface area contributed by atoms with Gasteiger partial charge in [-0.05, 0) is 43.0 Å². The molecule has 7 nitrogen and oxygen atoms in total. The molecule has 1 unspecified atom stereocenters. The molecular formula is C22H33N3O4S3Si. The summed E-state index contributed by atoms with van der Waals surface area (Å²) in [6.07, 6.45) is 6.66. The molecule has 0 spiro atoms. The molecule has 3 atom stereocenters. The molecule has 11 heteroatoms. The highest BCUT2D eigenvalue weighted by Crippen LogP contribution is 2.41. The summed E-state index contributed by atoms with van der Waals surface area (Å²) in [5, 5.41) is 2.10. The molecule has 0 bridgehead atoms. The summed E-state index contributed by atoms with van der Waals surface area (Å²) in [5.41, 5.74) is 0.906. The van der Waals surface area contributed by atoms with Gasteiger partial charge in [0, 0.05) is 11.9 Å². The Morgan fingerprint density at radius 3 is 2.85 bits per heavy atom. The number of thiazole rings is 1. The number of carbonyl (C=O) groups excluding carboxylic acids is 1. The van der Waals surface area contributed by atoms with Crippen LogP contribution in [0.3, 0.4) is 0 Å². The number of amides is 1. The maximum Gasteiger partial charge on any atom is 0.410 e. The van der Waals surface area contributed by atoms with Gasteiger partial charge in [0.1, 0.15) is 17.8 Å². The number of rotatable bonds is 7. The van der Waals surface area contributed by atoms with Crippen molar-refractivity contribution in [3.63, 3.8) is 0 Å². The molecule has 0 saturated carbocycles. The van der Waals surface area contributed by atoms with Crippen molar-refractivity contribution in [2.45, 2.75) is 63.6 Å². The highest BCUT2D eigenvalue weighted by Gasteiger charge is 2.47. The zero-order chi connectivity index (χ0) is 24.4. The van der Waals surface area contributed by atoms with Gasteiger partial charge in [-0.2, -0.15) is 0 Å². The molecule has 0 aliphatic carbocycles. The number of nitrogens with zero attached hydrogens (tertiary/aromatic N) is 3. The molecule has 2 aromatic heterocycles. The molecule has 3 rings (SSSR count). The van der Waals surface area contributed by atoms with Crippen LogP contribution in [-0.2, 0) is 13.9 Å². The van der Waals surface area contributed by atoms with Crippen molar-refractivity contribution in [2.24, 2.45) is 0 Å². The first kappa shape index (κ1) is 26.2. The first-order chi connectivity index (χ1) is 15.5. The van der Waals surface area contributed by atoms with Gasteiger partial charge in [-0.25, -0.2) is 9.78 Å². The van der Waals surface area contributed by atoms with Gasteiger partial charge in [-0.15, -0.1) is 11.3 Å². The number of hydrogen-bond donors (Lipinski definition) is 0. The van der Waals surface area contributed by atoms with Gasteiger partial charge >= 0.3 is 6.09 Å². The van der Waals surface area contributed by atoms with E-state index in [4.69, 9.17) is 26.1 Å². The lowest BCUT2D eigenvalue weighted by Gasteiger charge is -2.38.